The first-order chi connectivity index (χ1) is 18.1. The molecule has 7 heteroatoms. The van der Waals surface area contributed by atoms with Gasteiger partial charge in [0, 0.05) is 6.08 Å². The first-order valence-electron chi connectivity index (χ1n) is 12.2. The van der Waals surface area contributed by atoms with Gasteiger partial charge in [-0.2, -0.15) is 0 Å². The predicted octanol–water partition coefficient (Wildman–Crippen LogP) is 6.16. The largest absolute Gasteiger partial charge is 0.497 e. The fraction of sp³-hybridized carbons (Fsp3) is 0.267. The number of hydrogen-bond acceptors (Lipinski definition) is 7. The van der Waals surface area contributed by atoms with E-state index in [-0.39, 0.29) is 5.97 Å². The number of unbranched alkanes of at least 4 members (excludes halogenated alkanes) is 3. The molecule has 0 bridgehead atoms. The van der Waals surface area contributed by atoms with Crippen LogP contribution in [-0.2, 0) is 16.1 Å². The van der Waals surface area contributed by atoms with Crippen molar-refractivity contribution in [2.45, 2.75) is 32.3 Å². The van der Waals surface area contributed by atoms with Crippen LogP contribution < -0.4 is 18.9 Å². The summed E-state index contributed by atoms with van der Waals surface area (Å²) in [4.78, 5) is 23.2. The Morgan fingerprint density at radius 3 is 1.89 bits per heavy atom. The van der Waals surface area contributed by atoms with Crippen LogP contribution in [0.5, 0.6) is 23.0 Å². The number of carbonyl (C=O) groups excluding carboxylic acids is 2. The first kappa shape index (κ1) is 27.3. The van der Waals surface area contributed by atoms with Crippen molar-refractivity contribution >= 4 is 11.9 Å². The van der Waals surface area contributed by atoms with Gasteiger partial charge in [-0.15, -0.1) is 0 Å². The minimum atomic E-state index is -0.430. The lowest BCUT2D eigenvalue weighted by Gasteiger charge is -2.10. The minimum Gasteiger partial charge on any atom is -0.497 e. The molecule has 0 spiro atoms. The summed E-state index contributed by atoms with van der Waals surface area (Å²) >= 11 is 0. The Balaban J connectivity index is 1.33. The lowest BCUT2D eigenvalue weighted by Crippen LogP contribution is -2.08. The second-order valence-electron chi connectivity index (χ2n) is 8.16. The molecule has 0 radical (unpaired) electrons. The van der Waals surface area contributed by atoms with E-state index in [0.717, 1.165) is 42.7 Å². The van der Waals surface area contributed by atoms with Gasteiger partial charge in [0.1, 0.15) is 29.6 Å². The van der Waals surface area contributed by atoms with E-state index >= 15 is 0 Å². The van der Waals surface area contributed by atoms with Gasteiger partial charge >= 0.3 is 11.9 Å². The summed E-state index contributed by atoms with van der Waals surface area (Å²) in [5.74, 6) is 1.85. The van der Waals surface area contributed by atoms with Crippen LogP contribution in [0.1, 0.15) is 41.6 Å². The van der Waals surface area contributed by atoms with E-state index in [9.17, 15) is 9.59 Å². The summed E-state index contributed by atoms with van der Waals surface area (Å²) in [5.41, 5.74) is 1.40. The highest BCUT2D eigenvalue weighted by Crippen LogP contribution is 2.21. The second kappa shape index (κ2) is 15.0. The summed E-state index contributed by atoms with van der Waals surface area (Å²) < 4.78 is 27.1. The van der Waals surface area contributed by atoms with Crippen LogP contribution in [-0.4, -0.2) is 32.3 Å². The monoisotopic (exact) mass is 504 g/mol. The molecule has 0 saturated heterocycles. The van der Waals surface area contributed by atoms with E-state index in [1.165, 1.54) is 6.08 Å². The highest BCUT2D eigenvalue weighted by atomic mass is 16.5. The van der Waals surface area contributed by atoms with Gasteiger partial charge in [0.25, 0.3) is 0 Å². The maximum atomic E-state index is 12.3. The molecule has 0 amide bonds. The molecule has 0 heterocycles. The van der Waals surface area contributed by atoms with E-state index in [4.69, 9.17) is 23.7 Å². The number of ether oxygens (including phenoxy) is 5. The van der Waals surface area contributed by atoms with Crippen molar-refractivity contribution in [3.63, 3.8) is 0 Å². The van der Waals surface area contributed by atoms with Crippen LogP contribution in [0.2, 0.25) is 0 Å². The zero-order valence-corrected chi connectivity index (χ0v) is 21.0. The lowest BCUT2D eigenvalue weighted by atomic mass is 10.2. The Bertz CT molecular complexity index is 1120. The minimum absolute atomic E-state index is 0.377. The third-order valence-corrected chi connectivity index (χ3v) is 5.41. The number of carbonyl (C=O) groups is 2. The number of hydrogen-bond donors (Lipinski definition) is 0. The normalized spacial score (nSPS) is 10.3. The van der Waals surface area contributed by atoms with Gasteiger partial charge in [-0.3, -0.25) is 0 Å². The van der Waals surface area contributed by atoms with Gasteiger partial charge in [0.15, 0.2) is 0 Å². The average Bonchev–Trinajstić information content (AvgIpc) is 2.94. The van der Waals surface area contributed by atoms with Gasteiger partial charge in [0.05, 0.1) is 25.9 Å². The summed E-state index contributed by atoms with van der Waals surface area (Å²) in [6, 6.07) is 21.5. The topological polar surface area (TPSA) is 80.3 Å². The molecular weight excluding hydrogens is 472 g/mol. The van der Waals surface area contributed by atoms with E-state index in [1.807, 2.05) is 36.4 Å². The van der Waals surface area contributed by atoms with Crippen molar-refractivity contribution in [3.05, 3.63) is 96.6 Å². The van der Waals surface area contributed by atoms with Gasteiger partial charge in [-0.1, -0.05) is 18.7 Å². The highest BCUT2D eigenvalue weighted by molar-refractivity contribution is 5.91. The number of benzene rings is 3. The molecule has 194 valence electrons. The molecule has 0 atom stereocenters. The van der Waals surface area contributed by atoms with Crippen molar-refractivity contribution < 1.29 is 33.3 Å². The molecule has 3 aromatic carbocycles. The Kier molecular flexibility index (Phi) is 11.1. The molecule has 0 aromatic heterocycles. The fourth-order valence-corrected chi connectivity index (χ4v) is 3.32. The van der Waals surface area contributed by atoms with E-state index in [1.54, 1.807) is 43.5 Å². The third-order valence-electron chi connectivity index (χ3n) is 5.41. The van der Waals surface area contributed by atoms with Gasteiger partial charge in [-0.05, 0) is 91.9 Å². The van der Waals surface area contributed by atoms with Crippen molar-refractivity contribution in [1.82, 2.24) is 0 Å². The van der Waals surface area contributed by atoms with Crippen molar-refractivity contribution in [1.29, 1.82) is 0 Å². The van der Waals surface area contributed by atoms with Crippen molar-refractivity contribution in [3.8, 4) is 23.0 Å². The summed E-state index contributed by atoms with van der Waals surface area (Å²) in [6.45, 7) is 4.80. The quantitative estimate of drug-likeness (QED) is 0.106. The zero-order chi connectivity index (χ0) is 26.3. The number of methoxy groups -OCH3 is 1. The van der Waals surface area contributed by atoms with Gasteiger partial charge in [0.2, 0.25) is 0 Å². The van der Waals surface area contributed by atoms with E-state index < -0.39 is 5.97 Å². The molecule has 0 saturated carbocycles. The van der Waals surface area contributed by atoms with Crippen molar-refractivity contribution in [2.75, 3.05) is 20.3 Å². The third kappa shape index (κ3) is 9.72. The molecule has 0 unspecified atom stereocenters. The molecule has 3 rings (SSSR count). The van der Waals surface area contributed by atoms with E-state index in [0.29, 0.717) is 36.9 Å². The molecule has 0 fully saturated rings. The smallest absolute Gasteiger partial charge is 0.343 e. The van der Waals surface area contributed by atoms with Crippen LogP contribution in [0.4, 0.5) is 0 Å². The summed E-state index contributed by atoms with van der Waals surface area (Å²) in [5, 5.41) is 0. The lowest BCUT2D eigenvalue weighted by molar-refractivity contribution is -0.137. The Morgan fingerprint density at radius 2 is 1.27 bits per heavy atom. The maximum Gasteiger partial charge on any atom is 0.343 e. The Hall–Kier alpha value is -4.26. The fourth-order valence-electron chi connectivity index (χ4n) is 3.32. The zero-order valence-electron chi connectivity index (χ0n) is 21.0. The first-order valence-corrected chi connectivity index (χ1v) is 12.2. The molecule has 0 aliphatic rings. The second-order valence-corrected chi connectivity index (χ2v) is 8.16. The van der Waals surface area contributed by atoms with Gasteiger partial charge in [-0.25, -0.2) is 9.59 Å². The molecule has 0 N–H and O–H groups in total. The molecule has 3 aromatic rings. The summed E-state index contributed by atoms with van der Waals surface area (Å²) in [6.07, 6.45) is 4.93. The molecular formula is C30H32O7. The maximum absolute atomic E-state index is 12.3. The molecule has 0 aliphatic heterocycles. The molecule has 7 nitrogen and oxygen atoms in total. The Morgan fingerprint density at radius 1 is 0.703 bits per heavy atom. The van der Waals surface area contributed by atoms with Crippen LogP contribution in [0.3, 0.4) is 0 Å². The van der Waals surface area contributed by atoms with Crippen LogP contribution in [0.15, 0.2) is 85.5 Å². The van der Waals surface area contributed by atoms with Crippen LogP contribution >= 0.6 is 0 Å². The van der Waals surface area contributed by atoms with Crippen LogP contribution in [0.25, 0.3) is 0 Å². The van der Waals surface area contributed by atoms with Crippen molar-refractivity contribution in [2.24, 2.45) is 0 Å². The van der Waals surface area contributed by atoms with E-state index in [2.05, 4.69) is 6.58 Å². The SMILES string of the molecule is C=CC(=O)OCCCCCCOc1ccc(OCc2ccc(OC(=O)c3ccc(OC)cc3)cc2)cc1. The predicted molar refractivity (Wildman–Crippen MR) is 140 cm³/mol. The molecule has 37 heavy (non-hydrogen) atoms. The van der Waals surface area contributed by atoms with Crippen LogP contribution in [0, 0.1) is 0 Å². The van der Waals surface area contributed by atoms with Gasteiger partial charge < -0.3 is 23.7 Å². The highest BCUT2D eigenvalue weighted by Gasteiger charge is 2.09. The average molecular weight is 505 g/mol. The Labute approximate surface area is 217 Å². The molecule has 0 aliphatic carbocycles. The standard InChI is InChI=1S/C30H32O7/c1-3-29(31)35-21-7-5-4-6-20-34-26-16-18-27(19-17-26)36-22-23-8-12-28(13-9-23)37-30(32)24-10-14-25(33-2)15-11-24/h3,8-19H,1,4-7,20-22H2,2H3. The number of esters is 2. The summed E-state index contributed by atoms with van der Waals surface area (Å²) in [7, 11) is 1.57. The number of rotatable bonds is 15.